The van der Waals surface area contributed by atoms with Crippen LogP contribution < -0.4 is 16.6 Å². The van der Waals surface area contributed by atoms with Gasteiger partial charge in [0.1, 0.15) is 5.69 Å². The number of nitrogens with zero attached hydrogens (tertiary/aromatic N) is 3. The van der Waals surface area contributed by atoms with Gasteiger partial charge in [-0.05, 0) is 61.4 Å². The molecule has 2 amide bonds. The van der Waals surface area contributed by atoms with Gasteiger partial charge >= 0.3 is 0 Å². The summed E-state index contributed by atoms with van der Waals surface area (Å²) in [5, 5.41) is 7.56. The zero-order valence-corrected chi connectivity index (χ0v) is 20.7. The number of rotatable bonds is 6. The van der Waals surface area contributed by atoms with Gasteiger partial charge in [-0.2, -0.15) is 5.10 Å². The van der Waals surface area contributed by atoms with Crippen LogP contribution in [0.3, 0.4) is 0 Å². The third-order valence-electron chi connectivity index (χ3n) is 7.36. The van der Waals surface area contributed by atoms with Gasteiger partial charge in [0.2, 0.25) is 11.5 Å². The second-order valence-electron chi connectivity index (χ2n) is 9.74. The van der Waals surface area contributed by atoms with Crippen LogP contribution in [0.25, 0.3) is 11.1 Å². The lowest BCUT2D eigenvalue weighted by molar-refractivity contribution is -0.119. The van der Waals surface area contributed by atoms with Crippen LogP contribution in [0, 0.1) is 18.8 Å². The van der Waals surface area contributed by atoms with Crippen molar-refractivity contribution in [2.75, 3.05) is 5.32 Å². The maximum absolute atomic E-state index is 13.6. The Balaban J connectivity index is 1.59. The van der Waals surface area contributed by atoms with Crippen molar-refractivity contribution in [2.24, 2.45) is 31.7 Å². The molecule has 1 atom stereocenters. The molecule has 1 aromatic carbocycles. The fraction of sp³-hybridized carbons (Fsp3) is 0.407. The molecule has 8 nitrogen and oxygen atoms in total. The van der Waals surface area contributed by atoms with Crippen molar-refractivity contribution in [2.45, 2.75) is 45.4 Å². The van der Waals surface area contributed by atoms with E-state index in [1.807, 2.05) is 37.3 Å². The normalized spacial score (nSPS) is 18.7. The Hall–Kier alpha value is -3.68. The Labute approximate surface area is 205 Å². The molecule has 4 rings (SSSR count). The highest BCUT2D eigenvalue weighted by Gasteiger charge is 2.35. The number of carbonyl (C=O) groups is 2. The standard InChI is InChI=1S/C27H33N5O3/c1-16-5-7-19(8-6-16)25(22-15-23(26(28)34)32(4)30-22)27(35)29-20-11-9-18(10-12-20)21-13-14-24(33)31(3)17(21)2/h9-16,19,25H,5-8H2,1-4H3,(H2,28,34)(H,29,35). The highest BCUT2D eigenvalue weighted by atomic mass is 16.2. The molecule has 0 radical (unpaired) electrons. The van der Waals surface area contributed by atoms with Crippen molar-refractivity contribution in [1.29, 1.82) is 0 Å². The lowest BCUT2D eigenvalue weighted by Crippen LogP contribution is -2.30. The molecule has 0 spiro atoms. The Kier molecular flexibility index (Phi) is 6.91. The number of amides is 2. The molecule has 8 heteroatoms. The third-order valence-corrected chi connectivity index (χ3v) is 7.36. The lowest BCUT2D eigenvalue weighted by atomic mass is 9.75. The van der Waals surface area contributed by atoms with Crippen LogP contribution >= 0.6 is 0 Å². The first-order valence-electron chi connectivity index (χ1n) is 12.1. The predicted molar refractivity (Wildman–Crippen MR) is 136 cm³/mol. The smallest absolute Gasteiger partial charge is 0.266 e. The van der Waals surface area contributed by atoms with Gasteiger partial charge in [0, 0.05) is 37.1 Å². The summed E-state index contributed by atoms with van der Waals surface area (Å²) in [4.78, 5) is 37.2. The van der Waals surface area contributed by atoms with E-state index in [4.69, 9.17) is 5.73 Å². The van der Waals surface area contributed by atoms with Crippen molar-refractivity contribution in [3.05, 3.63) is 69.9 Å². The number of benzene rings is 1. The zero-order valence-electron chi connectivity index (χ0n) is 20.7. The number of nitrogens with one attached hydrogen (secondary N) is 1. The van der Waals surface area contributed by atoms with E-state index in [0.717, 1.165) is 42.5 Å². The highest BCUT2D eigenvalue weighted by Crippen LogP contribution is 2.38. The molecule has 1 saturated carbocycles. The highest BCUT2D eigenvalue weighted by molar-refractivity contribution is 5.97. The SMILES string of the molecule is Cc1c(-c2ccc(NC(=O)C(c3cc(C(N)=O)n(C)n3)C3CCC(C)CC3)cc2)ccc(=O)n1C. The first-order valence-corrected chi connectivity index (χ1v) is 12.1. The van der Waals surface area contributed by atoms with Gasteiger partial charge in [0.15, 0.2) is 0 Å². The Morgan fingerprint density at radius 3 is 2.31 bits per heavy atom. The maximum atomic E-state index is 13.6. The molecule has 1 aliphatic rings. The molecule has 1 aliphatic carbocycles. The molecular formula is C27H33N5O3. The van der Waals surface area contributed by atoms with Crippen LogP contribution in [0.5, 0.6) is 0 Å². The average Bonchev–Trinajstić information content (AvgIpc) is 3.21. The molecule has 1 fully saturated rings. The van der Waals surface area contributed by atoms with Gasteiger partial charge in [-0.3, -0.25) is 19.1 Å². The van der Waals surface area contributed by atoms with E-state index >= 15 is 0 Å². The Morgan fingerprint density at radius 1 is 1.06 bits per heavy atom. The number of pyridine rings is 1. The van der Waals surface area contributed by atoms with E-state index in [2.05, 4.69) is 17.3 Å². The minimum Gasteiger partial charge on any atom is -0.364 e. The van der Waals surface area contributed by atoms with E-state index < -0.39 is 11.8 Å². The number of anilines is 1. The van der Waals surface area contributed by atoms with Crippen LogP contribution in [0.2, 0.25) is 0 Å². The molecule has 0 bridgehead atoms. The minimum absolute atomic E-state index is 0.0488. The van der Waals surface area contributed by atoms with E-state index in [1.165, 1.54) is 4.68 Å². The van der Waals surface area contributed by atoms with Gasteiger partial charge in [-0.1, -0.05) is 31.9 Å². The first kappa shape index (κ1) is 24.4. The molecule has 1 unspecified atom stereocenters. The quantitative estimate of drug-likeness (QED) is 0.565. The van der Waals surface area contributed by atoms with Crippen molar-refractivity contribution in [3.8, 4) is 11.1 Å². The number of hydrogen-bond acceptors (Lipinski definition) is 4. The van der Waals surface area contributed by atoms with Crippen LogP contribution in [0.4, 0.5) is 5.69 Å². The second kappa shape index (κ2) is 9.90. The first-order chi connectivity index (χ1) is 16.7. The molecular weight excluding hydrogens is 442 g/mol. The van der Waals surface area contributed by atoms with E-state index in [9.17, 15) is 14.4 Å². The molecule has 0 saturated heterocycles. The molecule has 2 heterocycles. The van der Waals surface area contributed by atoms with Crippen molar-refractivity contribution in [3.63, 3.8) is 0 Å². The molecule has 35 heavy (non-hydrogen) atoms. The van der Waals surface area contributed by atoms with Gasteiger partial charge in [0.05, 0.1) is 11.6 Å². The monoisotopic (exact) mass is 475 g/mol. The summed E-state index contributed by atoms with van der Waals surface area (Å²) in [7, 11) is 3.42. The number of aromatic nitrogens is 3. The molecule has 184 valence electrons. The number of carbonyl (C=O) groups excluding carboxylic acids is 2. The predicted octanol–water partition coefficient (Wildman–Crippen LogP) is 3.74. The maximum Gasteiger partial charge on any atom is 0.266 e. The Bertz CT molecular complexity index is 1300. The summed E-state index contributed by atoms with van der Waals surface area (Å²) in [6.45, 7) is 4.15. The second-order valence-corrected chi connectivity index (χ2v) is 9.74. The van der Waals surface area contributed by atoms with Crippen LogP contribution in [-0.4, -0.2) is 26.2 Å². The lowest BCUT2D eigenvalue weighted by Gasteiger charge is -2.31. The van der Waals surface area contributed by atoms with Gasteiger partial charge in [-0.15, -0.1) is 0 Å². The van der Waals surface area contributed by atoms with Gasteiger partial charge < -0.3 is 15.6 Å². The summed E-state index contributed by atoms with van der Waals surface area (Å²) in [5.41, 5.74) is 9.80. The van der Waals surface area contributed by atoms with Crippen LogP contribution in [0.15, 0.2) is 47.3 Å². The van der Waals surface area contributed by atoms with Crippen molar-refractivity contribution < 1.29 is 9.59 Å². The number of primary amides is 1. The van der Waals surface area contributed by atoms with Gasteiger partial charge in [0.25, 0.3) is 5.91 Å². The average molecular weight is 476 g/mol. The summed E-state index contributed by atoms with van der Waals surface area (Å²) >= 11 is 0. The number of hydrogen-bond donors (Lipinski definition) is 2. The fourth-order valence-corrected chi connectivity index (χ4v) is 5.07. The fourth-order valence-electron chi connectivity index (χ4n) is 5.07. The Morgan fingerprint density at radius 2 is 1.71 bits per heavy atom. The summed E-state index contributed by atoms with van der Waals surface area (Å²) in [6.07, 6.45) is 4.01. The van der Waals surface area contributed by atoms with Crippen molar-refractivity contribution >= 4 is 17.5 Å². The number of aryl methyl sites for hydroxylation is 1. The topological polar surface area (TPSA) is 112 Å². The zero-order chi connectivity index (χ0) is 25.3. The minimum atomic E-state index is -0.563. The van der Waals surface area contributed by atoms with Gasteiger partial charge in [-0.25, -0.2) is 0 Å². The summed E-state index contributed by atoms with van der Waals surface area (Å²) < 4.78 is 3.07. The molecule has 0 aliphatic heterocycles. The summed E-state index contributed by atoms with van der Waals surface area (Å²) in [5.74, 6) is -0.369. The summed E-state index contributed by atoms with van der Waals surface area (Å²) in [6, 6.07) is 12.6. The molecule has 3 aromatic rings. The van der Waals surface area contributed by atoms with E-state index in [0.29, 0.717) is 23.0 Å². The van der Waals surface area contributed by atoms with E-state index in [1.54, 1.807) is 30.8 Å². The van der Waals surface area contributed by atoms with Crippen LogP contribution in [-0.2, 0) is 18.9 Å². The van der Waals surface area contributed by atoms with Crippen molar-refractivity contribution in [1.82, 2.24) is 14.3 Å². The number of nitrogens with two attached hydrogens (primary N) is 1. The van der Waals surface area contributed by atoms with E-state index in [-0.39, 0.29) is 17.4 Å². The third kappa shape index (κ3) is 5.06. The molecule has 2 aromatic heterocycles. The van der Waals surface area contributed by atoms with Crippen LogP contribution in [0.1, 0.15) is 60.4 Å². The molecule has 3 N–H and O–H groups in total. The largest absolute Gasteiger partial charge is 0.364 e.